The monoisotopic (exact) mass is 299 g/mol. The molecule has 1 amide bonds. The Morgan fingerprint density at radius 1 is 1.35 bits per heavy atom. The lowest BCUT2D eigenvalue weighted by atomic mass is 10.1. The molecule has 0 radical (unpaired) electrons. The molecular formula is C13H18BrNO2. The number of nitrogens with one attached hydrogen (secondary N) is 1. The zero-order valence-corrected chi connectivity index (χ0v) is 12.1. The summed E-state index contributed by atoms with van der Waals surface area (Å²) in [7, 11) is 0. The number of halogens is 1. The molecule has 0 aromatic carbocycles. The van der Waals surface area contributed by atoms with Crippen molar-refractivity contribution in [2.24, 2.45) is 5.41 Å². The van der Waals surface area contributed by atoms with E-state index in [-0.39, 0.29) is 5.91 Å². The maximum absolute atomic E-state index is 12.1. The fourth-order valence-electron chi connectivity index (χ4n) is 2.02. The Bertz CT molecular complexity index is 447. The number of alkyl halides is 1. The topological polar surface area (TPSA) is 42.2 Å². The van der Waals surface area contributed by atoms with Gasteiger partial charge in [0.25, 0.3) is 5.91 Å². The summed E-state index contributed by atoms with van der Waals surface area (Å²) in [5, 5.41) is 3.98. The molecule has 1 aromatic heterocycles. The molecule has 1 heterocycles. The maximum Gasteiger partial charge on any atom is 0.255 e. The van der Waals surface area contributed by atoms with E-state index < -0.39 is 0 Å². The zero-order valence-electron chi connectivity index (χ0n) is 10.5. The number of hydrogen-bond acceptors (Lipinski definition) is 2. The molecule has 1 aromatic rings. The number of carbonyl (C=O) groups excluding carboxylic acids is 1. The molecule has 0 aliphatic heterocycles. The van der Waals surface area contributed by atoms with Gasteiger partial charge < -0.3 is 9.73 Å². The van der Waals surface area contributed by atoms with E-state index in [9.17, 15) is 4.79 Å². The second-order valence-electron chi connectivity index (χ2n) is 5.03. The van der Waals surface area contributed by atoms with Crippen LogP contribution < -0.4 is 5.32 Å². The highest BCUT2D eigenvalue weighted by Crippen LogP contribution is 2.46. The van der Waals surface area contributed by atoms with Crippen molar-refractivity contribution in [3.8, 4) is 0 Å². The molecule has 2 rings (SSSR count). The van der Waals surface area contributed by atoms with Gasteiger partial charge in [0, 0.05) is 17.4 Å². The van der Waals surface area contributed by atoms with Crippen molar-refractivity contribution < 1.29 is 9.21 Å². The molecule has 4 heteroatoms. The SMILES string of the molecule is Cc1oc(C)c(C(=O)NCC2(CBr)CC2)c1C. The molecule has 1 fully saturated rings. The first kappa shape index (κ1) is 12.7. The van der Waals surface area contributed by atoms with E-state index in [1.54, 1.807) is 0 Å². The Balaban J connectivity index is 2.05. The van der Waals surface area contributed by atoms with Crippen LogP contribution in [0.4, 0.5) is 0 Å². The van der Waals surface area contributed by atoms with Gasteiger partial charge in [0.15, 0.2) is 0 Å². The number of hydrogen-bond donors (Lipinski definition) is 1. The fourth-order valence-corrected chi connectivity index (χ4v) is 2.78. The van der Waals surface area contributed by atoms with Crippen LogP contribution in [-0.4, -0.2) is 17.8 Å². The van der Waals surface area contributed by atoms with Crippen molar-refractivity contribution in [1.29, 1.82) is 0 Å². The van der Waals surface area contributed by atoms with Crippen LogP contribution in [0.2, 0.25) is 0 Å². The summed E-state index contributed by atoms with van der Waals surface area (Å²) in [5.74, 6) is 1.53. The average molecular weight is 300 g/mol. The van der Waals surface area contributed by atoms with Crippen molar-refractivity contribution in [2.45, 2.75) is 33.6 Å². The second kappa shape index (κ2) is 4.48. The number of furan rings is 1. The molecule has 17 heavy (non-hydrogen) atoms. The largest absolute Gasteiger partial charge is 0.466 e. The van der Waals surface area contributed by atoms with E-state index in [2.05, 4.69) is 21.2 Å². The van der Waals surface area contributed by atoms with Crippen molar-refractivity contribution >= 4 is 21.8 Å². The van der Waals surface area contributed by atoms with Gasteiger partial charge in [-0.05, 0) is 39.0 Å². The third kappa shape index (κ3) is 2.41. The minimum atomic E-state index is -0.0101. The lowest BCUT2D eigenvalue weighted by Gasteiger charge is -2.12. The molecule has 0 unspecified atom stereocenters. The third-order valence-electron chi connectivity index (χ3n) is 3.65. The van der Waals surface area contributed by atoms with Gasteiger partial charge in [0.1, 0.15) is 11.5 Å². The Morgan fingerprint density at radius 3 is 2.41 bits per heavy atom. The van der Waals surface area contributed by atoms with Crippen LogP contribution in [0.3, 0.4) is 0 Å². The van der Waals surface area contributed by atoms with E-state index in [0.29, 0.717) is 16.7 Å². The van der Waals surface area contributed by atoms with Gasteiger partial charge in [0.2, 0.25) is 0 Å². The second-order valence-corrected chi connectivity index (χ2v) is 5.59. The summed E-state index contributed by atoms with van der Waals surface area (Å²) in [6.45, 7) is 6.41. The molecule has 1 aliphatic rings. The molecule has 0 saturated heterocycles. The summed E-state index contributed by atoms with van der Waals surface area (Å²) in [6.07, 6.45) is 2.39. The quantitative estimate of drug-likeness (QED) is 0.868. The first-order valence-electron chi connectivity index (χ1n) is 5.90. The van der Waals surface area contributed by atoms with E-state index in [1.165, 1.54) is 12.8 Å². The maximum atomic E-state index is 12.1. The van der Waals surface area contributed by atoms with Crippen LogP contribution in [0.1, 0.15) is 40.3 Å². The van der Waals surface area contributed by atoms with Gasteiger partial charge in [-0.1, -0.05) is 15.9 Å². The molecule has 1 aliphatic carbocycles. The standard InChI is InChI=1S/C13H18BrNO2/c1-8-9(2)17-10(3)11(8)12(16)15-7-13(6-14)4-5-13/h4-7H2,1-3H3,(H,15,16). The number of rotatable bonds is 4. The number of amides is 1. The predicted molar refractivity (Wildman–Crippen MR) is 70.7 cm³/mol. The summed E-state index contributed by atoms with van der Waals surface area (Å²) in [6, 6.07) is 0. The van der Waals surface area contributed by atoms with E-state index in [1.807, 2.05) is 20.8 Å². The van der Waals surface area contributed by atoms with Crippen LogP contribution in [0, 0.1) is 26.2 Å². The summed E-state index contributed by atoms with van der Waals surface area (Å²) >= 11 is 3.50. The van der Waals surface area contributed by atoms with Crippen molar-refractivity contribution in [3.05, 3.63) is 22.6 Å². The minimum Gasteiger partial charge on any atom is -0.466 e. The van der Waals surface area contributed by atoms with Gasteiger partial charge >= 0.3 is 0 Å². The van der Waals surface area contributed by atoms with E-state index >= 15 is 0 Å². The fraction of sp³-hybridized carbons (Fsp3) is 0.615. The predicted octanol–water partition coefficient (Wildman–Crippen LogP) is 3.11. The van der Waals surface area contributed by atoms with Crippen LogP contribution in [0.25, 0.3) is 0 Å². The molecule has 94 valence electrons. The van der Waals surface area contributed by atoms with Crippen LogP contribution in [0.15, 0.2) is 4.42 Å². The molecular weight excluding hydrogens is 282 g/mol. The van der Waals surface area contributed by atoms with E-state index in [0.717, 1.165) is 23.2 Å². The molecule has 3 nitrogen and oxygen atoms in total. The zero-order chi connectivity index (χ0) is 12.6. The highest BCUT2D eigenvalue weighted by atomic mass is 79.9. The third-order valence-corrected chi connectivity index (χ3v) is 4.84. The molecule has 1 N–H and O–H groups in total. The minimum absolute atomic E-state index is 0.0101. The van der Waals surface area contributed by atoms with Crippen LogP contribution in [0.5, 0.6) is 0 Å². The Kier molecular flexibility index (Phi) is 3.34. The normalized spacial score (nSPS) is 16.9. The number of carbonyl (C=O) groups is 1. The smallest absolute Gasteiger partial charge is 0.255 e. The summed E-state index contributed by atoms with van der Waals surface area (Å²) in [4.78, 5) is 12.1. The molecule has 0 bridgehead atoms. The average Bonchev–Trinajstić information content (AvgIpc) is 3.02. The van der Waals surface area contributed by atoms with Crippen LogP contribution >= 0.6 is 15.9 Å². The molecule has 1 saturated carbocycles. The van der Waals surface area contributed by atoms with Crippen molar-refractivity contribution in [1.82, 2.24) is 5.32 Å². The number of aryl methyl sites for hydroxylation is 2. The van der Waals surface area contributed by atoms with Crippen LogP contribution in [-0.2, 0) is 0 Å². The van der Waals surface area contributed by atoms with Gasteiger partial charge in [-0.15, -0.1) is 0 Å². The first-order valence-corrected chi connectivity index (χ1v) is 7.02. The van der Waals surface area contributed by atoms with E-state index in [4.69, 9.17) is 4.42 Å². The first-order chi connectivity index (χ1) is 7.99. The Morgan fingerprint density at radius 2 is 2.00 bits per heavy atom. The summed E-state index contributed by atoms with van der Waals surface area (Å²) < 4.78 is 5.47. The van der Waals surface area contributed by atoms with Gasteiger partial charge in [0.05, 0.1) is 5.56 Å². The lowest BCUT2D eigenvalue weighted by Crippen LogP contribution is -2.31. The van der Waals surface area contributed by atoms with Gasteiger partial charge in [-0.3, -0.25) is 4.79 Å². The summed E-state index contributed by atoms with van der Waals surface area (Å²) in [5.41, 5.74) is 1.95. The van der Waals surface area contributed by atoms with Gasteiger partial charge in [-0.2, -0.15) is 0 Å². The van der Waals surface area contributed by atoms with Gasteiger partial charge in [-0.25, -0.2) is 0 Å². The van der Waals surface area contributed by atoms with Crippen molar-refractivity contribution in [2.75, 3.05) is 11.9 Å². The molecule has 0 spiro atoms. The Labute approximate surface area is 110 Å². The molecule has 0 atom stereocenters. The highest BCUT2D eigenvalue weighted by Gasteiger charge is 2.41. The lowest BCUT2D eigenvalue weighted by molar-refractivity contribution is 0.0944. The highest BCUT2D eigenvalue weighted by molar-refractivity contribution is 9.09. The van der Waals surface area contributed by atoms with Crippen molar-refractivity contribution in [3.63, 3.8) is 0 Å². The Hall–Kier alpha value is -0.770.